The molecule has 1 saturated heterocycles. The smallest absolute Gasteiger partial charge is 0.240 e. The lowest BCUT2D eigenvalue weighted by Crippen LogP contribution is -2.36. The molecule has 2 rings (SSSR count). The predicted octanol–water partition coefficient (Wildman–Crippen LogP) is 0.669. The van der Waals surface area contributed by atoms with E-state index in [1.165, 1.54) is 0 Å². The van der Waals surface area contributed by atoms with E-state index in [0.29, 0.717) is 4.90 Å². The van der Waals surface area contributed by atoms with Gasteiger partial charge in [-0.25, -0.2) is 13.1 Å². The molecule has 1 aliphatic rings. The van der Waals surface area contributed by atoms with Gasteiger partial charge in [-0.1, -0.05) is 18.2 Å². The lowest BCUT2D eigenvalue weighted by atomic mass is 10.3. The van der Waals surface area contributed by atoms with E-state index in [4.69, 9.17) is 0 Å². The second-order valence-electron chi connectivity index (χ2n) is 4.18. The number of nitrogens with one attached hydrogen (secondary N) is 1. The van der Waals surface area contributed by atoms with Crippen molar-refractivity contribution in [2.45, 2.75) is 17.4 Å². The Kier molecular flexibility index (Phi) is 3.28. The first-order valence-corrected chi connectivity index (χ1v) is 6.82. The number of likely N-dealkylation sites (N-methyl/N-ethyl adjacent to an activating group) is 1. The first kappa shape index (κ1) is 11.6. The summed E-state index contributed by atoms with van der Waals surface area (Å²) in [6, 6.07) is 8.53. The molecule has 1 unspecified atom stereocenters. The molecule has 1 aliphatic heterocycles. The van der Waals surface area contributed by atoms with E-state index < -0.39 is 10.0 Å². The quantitative estimate of drug-likeness (QED) is 0.845. The van der Waals surface area contributed by atoms with Gasteiger partial charge in [0.2, 0.25) is 10.0 Å². The fourth-order valence-corrected chi connectivity index (χ4v) is 3.20. The summed E-state index contributed by atoms with van der Waals surface area (Å²) < 4.78 is 26.7. The molecule has 0 spiro atoms. The summed E-state index contributed by atoms with van der Waals surface area (Å²) in [5, 5.41) is 0. The fraction of sp³-hybridized carbons (Fsp3) is 0.455. The topological polar surface area (TPSA) is 49.4 Å². The summed E-state index contributed by atoms with van der Waals surface area (Å²) in [5.74, 6) is 0. The van der Waals surface area contributed by atoms with Crippen LogP contribution in [0.5, 0.6) is 0 Å². The minimum Gasteiger partial charge on any atom is -0.305 e. The first-order chi connectivity index (χ1) is 7.58. The van der Waals surface area contributed by atoms with Crippen LogP contribution >= 0.6 is 0 Å². The standard InChI is InChI=1S/C11H16N2O2S/c1-13-8-7-10(9-13)12-16(14,15)11-5-3-2-4-6-11/h2-6,10,12H,7-9H2,1H3. The van der Waals surface area contributed by atoms with Crippen molar-refractivity contribution in [3.05, 3.63) is 30.3 Å². The number of sulfonamides is 1. The maximum absolute atomic E-state index is 12.0. The van der Waals surface area contributed by atoms with Gasteiger partial charge in [0.1, 0.15) is 0 Å². The maximum atomic E-state index is 12.0. The Hall–Kier alpha value is -0.910. The van der Waals surface area contributed by atoms with Gasteiger partial charge in [0.15, 0.2) is 0 Å². The van der Waals surface area contributed by atoms with E-state index in [1.54, 1.807) is 24.3 Å². The van der Waals surface area contributed by atoms with Crippen LogP contribution in [0.2, 0.25) is 0 Å². The van der Waals surface area contributed by atoms with Crippen LogP contribution in [0.1, 0.15) is 6.42 Å². The van der Waals surface area contributed by atoms with Crippen molar-refractivity contribution in [1.82, 2.24) is 9.62 Å². The molecule has 88 valence electrons. The molecular weight excluding hydrogens is 224 g/mol. The van der Waals surface area contributed by atoms with E-state index in [-0.39, 0.29) is 6.04 Å². The fourth-order valence-electron chi connectivity index (χ4n) is 1.92. The molecule has 0 aliphatic carbocycles. The van der Waals surface area contributed by atoms with Crippen LogP contribution in [0.4, 0.5) is 0 Å². The summed E-state index contributed by atoms with van der Waals surface area (Å²) in [6.07, 6.45) is 0.878. The highest BCUT2D eigenvalue weighted by Gasteiger charge is 2.24. The third-order valence-electron chi connectivity index (χ3n) is 2.77. The van der Waals surface area contributed by atoms with Crippen LogP contribution in [-0.4, -0.2) is 39.5 Å². The molecule has 1 atom stereocenters. The zero-order valence-corrected chi connectivity index (χ0v) is 10.1. The lowest BCUT2D eigenvalue weighted by Gasteiger charge is -2.13. The number of hydrogen-bond acceptors (Lipinski definition) is 3. The average Bonchev–Trinajstić information content (AvgIpc) is 2.64. The zero-order chi connectivity index (χ0) is 11.6. The summed E-state index contributed by atoms with van der Waals surface area (Å²) in [4.78, 5) is 2.46. The molecule has 0 bridgehead atoms. The minimum atomic E-state index is -3.34. The molecule has 16 heavy (non-hydrogen) atoms. The van der Waals surface area contributed by atoms with Crippen molar-refractivity contribution >= 4 is 10.0 Å². The van der Waals surface area contributed by atoms with E-state index >= 15 is 0 Å². The SMILES string of the molecule is CN1CCC(NS(=O)(=O)c2ccccc2)C1. The van der Waals surface area contributed by atoms with Gasteiger partial charge in [-0.15, -0.1) is 0 Å². The number of benzene rings is 1. The molecule has 1 aromatic carbocycles. The number of likely N-dealkylation sites (tertiary alicyclic amines) is 1. The lowest BCUT2D eigenvalue weighted by molar-refractivity contribution is 0.407. The van der Waals surface area contributed by atoms with Gasteiger partial charge < -0.3 is 4.90 Å². The minimum absolute atomic E-state index is 0.0372. The van der Waals surface area contributed by atoms with Gasteiger partial charge in [-0.3, -0.25) is 0 Å². The van der Waals surface area contributed by atoms with E-state index in [2.05, 4.69) is 9.62 Å². The Bertz CT molecular complexity index is 444. The second-order valence-corrected chi connectivity index (χ2v) is 5.90. The highest BCUT2D eigenvalue weighted by atomic mass is 32.2. The molecule has 0 aromatic heterocycles. The van der Waals surface area contributed by atoms with Crippen LogP contribution in [0.3, 0.4) is 0 Å². The molecular formula is C11H16N2O2S. The molecule has 1 heterocycles. The van der Waals surface area contributed by atoms with Gasteiger partial charge in [-0.05, 0) is 32.1 Å². The molecule has 1 aromatic rings. The van der Waals surface area contributed by atoms with Gasteiger partial charge in [0, 0.05) is 12.6 Å². The van der Waals surface area contributed by atoms with Crippen molar-refractivity contribution in [3.8, 4) is 0 Å². The van der Waals surface area contributed by atoms with Crippen LogP contribution in [0, 0.1) is 0 Å². The summed E-state index contributed by atoms with van der Waals surface area (Å²) in [6.45, 7) is 1.73. The summed E-state index contributed by atoms with van der Waals surface area (Å²) >= 11 is 0. The molecule has 0 amide bonds. The number of nitrogens with zero attached hydrogens (tertiary/aromatic N) is 1. The first-order valence-electron chi connectivity index (χ1n) is 5.34. The highest BCUT2D eigenvalue weighted by molar-refractivity contribution is 7.89. The molecule has 1 N–H and O–H groups in total. The van der Waals surface area contributed by atoms with Gasteiger partial charge in [0.05, 0.1) is 4.90 Å². The average molecular weight is 240 g/mol. The van der Waals surface area contributed by atoms with Crippen LogP contribution in [-0.2, 0) is 10.0 Å². The third-order valence-corrected chi connectivity index (χ3v) is 4.30. The largest absolute Gasteiger partial charge is 0.305 e. The number of hydrogen-bond donors (Lipinski definition) is 1. The molecule has 5 heteroatoms. The van der Waals surface area contributed by atoms with E-state index in [0.717, 1.165) is 19.5 Å². The zero-order valence-electron chi connectivity index (χ0n) is 9.26. The Morgan fingerprint density at radius 1 is 1.31 bits per heavy atom. The van der Waals surface area contributed by atoms with E-state index in [9.17, 15) is 8.42 Å². The Morgan fingerprint density at radius 3 is 2.56 bits per heavy atom. The monoisotopic (exact) mass is 240 g/mol. The second kappa shape index (κ2) is 4.53. The van der Waals surface area contributed by atoms with Gasteiger partial charge >= 0.3 is 0 Å². The Morgan fingerprint density at radius 2 is 2.00 bits per heavy atom. The molecule has 4 nitrogen and oxygen atoms in total. The maximum Gasteiger partial charge on any atom is 0.240 e. The van der Waals surface area contributed by atoms with Crippen molar-refractivity contribution in [2.75, 3.05) is 20.1 Å². The summed E-state index contributed by atoms with van der Waals surface area (Å²) in [5.41, 5.74) is 0. The third kappa shape index (κ3) is 2.61. The van der Waals surface area contributed by atoms with Crippen molar-refractivity contribution in [1.29, 1.82) is 0 Å². The van der Waals surface area contributed by atoms with Crippen LogP contribution in [0.15, 0.2) is 35.2 Å². The van der Waals surface area contributed by atoms with Crippen LogP contribution in [0.25, 0.3) is 0 Å². The van der Waals surface area contributed by atoms with Crippen molar-refractivity contribution in [3.63, 3.8) is 0 Å². The van der Waals surface area contributed by atoms with E-state index in [1.807, 2.05) is 13.1 Å². The van der Waals surface area contributed by atoms with Gasteiger partial charge in [-0.2, -0.15) is 0 Å². The Labute approximate surface area is 96.3 Å². The normalized spacial score (nSPS) is 22.4. The predicted molar refractivity (Wildman–Crippen MR) is 62.7 cm³/mol. The highest BCUT2D eigenvalue weighted by Crippen LogP contribution is 2.12. The van der Waals surface area contributed by atoms with Crippen LogP contribution < -0.4 is 4.72 Å². The van der Waals surface area contributed by atoms with Gasteiger partial charge in [0.25, 0.3) is 0 Å². The molecule has 0 radical (unpaired) electrons. The molecule has 1 fully saturated rings. The Balaban J connectivity index is 2.09. The summed E-state index contributed by atoms with van der Waals surface area (Å²) in [7, 11) is -1.35. The number of rotatable bonds is 3. The van der Waals surface area contributed by atoms with Crippen molar-refractivity contribution < 1.29 is 8.42 Å². The van der Waals surface area contributed by atoms with Crippen molar-refractivity contribution in [2.24, 2.45) is 0 Å². The molecule has 0 saturated carbocycles.